The first-order chi connectivity index (χ1) is 13.7. The lowest BCUT2D eigenvalue weighted by Crippen LogP contribution is -2.38. The summed E-state index contributed by atoms with van der Waals surface area (Å²) in [5.41, 5.74) is 4.17. The van der Waals surface area contributed by atoms with Gasteiger partial charge in [-0.3, -0.25) is 4.79 Å². The van der Waals surface area contributed by atoms with Gasteiger partial charge in [0, 0.05) is 18.8 Å². The van der Waals surface area contributed by atoms with E-state index < -0.39 is 10.0 Å². The highest BCUT2D eigenvalue weighted by atomic mass is 32.2. The van der Waals surface area contributed by atoms with Gasteiger partial charge in [0.25, 0.3) is 5.91 Å². The summed E-state index contributed by atoms with van der Waals surface area (Å²) in [5, 5.41) is 8.30. The van der Waals surface area contributed by atoms with Gasteiger partial charge in [0.05, 0.1) is 29.7 Å². The number of nitrogens with two attached hydrogens (primary N) is 1. The Morgan fingerprint density at radius 2 is 1.83 bits per heavy atom. The maximum absolute atomic E-state index is 13.2. The Morgan fingerprint density at radius 3 is 2.48 bits per heavy atom. The number of primary sulfonamides is 1. The fourth-order valence-electron chi connectivity index (χ4n) is 3.53. The van der Waals surface area contributed by atoms with Crippen molar-refractivity contribution in [2.24, 2.45) is 5.14 Å². The van der Waals surface area contributed by atoms with Gasteiger partial charge in [0.15, 0.2) is 0 Å². The highest BCUT2D eigenvalue weighted by Gasteiger charge is 2.23. The van der Waals surface area contributed by atoms with E-state index in [4.69, 9.17) is 9.88 Å². The summed E-state index contributed by atoms with van der Waals surface area (Å²) in [5.74, 6) is -0.342. The third-order valence-corrected chi connectivity index (χ3v) is 6.05. The van der Waals surface area contributed by atoms with Gasteiger partial charge in [-0.05, 0) is 50.1 Å². The Bertz CT molecular complexity index is 1010. The van der Waals surface area contributed by atoms with Crippen molar-refractivity contribution in [1.82, 2.24) is 5.32 Å². The molecule has 3 N–H and O–H groups in total. The van der Waals surface area contributed by atoms with E-state index in [-0.39, 0.29) is 22.4 Å². The molecular formula is C21H27N3O4S. The summed E-state index contributed by atoms with van der Waals surface area (Å²) >= 11 is 0. The molecule has 1 amide bonds. The first kappa shape index (κ1) is 21.3. The Labute approximate surface area is 171 Å². The number of sulfonamides is 1. The van der Waals surface area contributed by atoms with Crippen molar-refractivity contribution in [3.63, 3.8) is 0 Å². The summed E-state index contributed by atoms with van der Waals surface area (Å²) in [4.78, 5) is 15.1. The number of nitrogens with zero attached hydrogens (tertiary/aromatic N) is 1. The number of aryl methyl sites for hydroxylation is 2. The van der Waals surface area contributed by atoms with Gasteiger partial charge >= 0.3 is 0 Å². The molecule has 1 unspecified atom stereocenters. The first-order valence-electron chi connectivity index (χ1n) is 9.54. The van der Waals surface area contributed by atoms with Crippen LogP contribution in [0.2, 0.25) is 0 Å². The maximum Gasteiger partial charge on any atom is 0.253 e. The number of benzene rings is 2. The monoisotopic (exact) mass is 417 g/mol. The number of amides is 1. The van der Waals surface area contributed by atoms with Gasteiger partial charge in [-0.15, -0.1) is 0 Å². The summed E-state index contributed by atoms with van der Waals surface area (Å²) in [7, 11) is -3.92. The molecule has 1 atom stereocenters. The van der Waals surface area contributed by atoms with Crippen LogP contribution in [0.3, 0.4) is 0 Å². The molecule has 2 aromatic carbocycles. The molecule has 0 aromatic heterocycles. The van der Waals surface area contributed by atoms with E-state index in [9.17, 15) is 13.2 Å². The summed E-state index contributed by atoms with van der Waals surface area (Å²) in [6.07, 6.45) is 0. The molecule has 1 heterocycles. The minimum Gasteiger partial charge on any atom is -0.378 e. The molecule has 7 nitrogen and oxygen atoms in total. The molecule has 8 heteroatoms. The smallest absolute Gasteiger partial charge is 0.253 e. The predicted octanol–water partition coefficient (Wildman–Crippen LogP) is 2.28. The van der Waals surface area contributed by atoms with E-state index in [1.807, 2.05) is 43.9 Å². The number of hydrogen-bond acceptors (Lipinski definition) is 5. The van der Waals surface area contributed by atoms with Crippen LogP contribution in [0.1, 0.15) is 40.0 Å². The molecule has 0 aliphatic carbocycles. The average Bonchev–Trinajstić information content (AvgIpc) is 2.69. The summed E-state index contributed by atoms with van der Waals surface area (Å²) < 4.78 is 29.1. The molecule has 1 aliphatic rings. The molecule has 0 spiro atoms. The zero-order valence-corrected chi connectivity index (χ0v) is 17.8. The predicted molar refractivity (Wildman–Crippen MR) is 113 cm³/mol. The largest absolute Gasteiger partial charge is 0.378 e. The molecular weight excluding hydrogens is 390 g/mol. The zero-order valence-electron chi connectivity index (χ0n) is 16.9. The number of anilines is 1. The maximum atomic E-state index is 13.2. The van der Waals surface area contributed by atoms with Gasteiger partial charge in [-0.1, -0.05) is 23.8 Å². The van der Waals surface area contributed by atoms with Crippen LogP contribution in [0.15, 0.2) is 41.3 Å². The van der Waals surface area contributed by atoms with Crippen LogP contribution in [-0.4, -0.2) is 40.6 Å². The third-order valence-electron chi connectivity index (χ3n) is 5.14. The number of ether oxygens (including phenoxy) is 1. The van der Waals surface area contributed by atoms with E-state index in [1.54, 1.807) is 6.07 Å². The van der Waals surface area contributed by atoms with Crippen molar-refractivity contribution in [2.45, 2.75) is 31.7 Å². The molecule has 0 saturated carbocycles. The second-order valence-electron chi connectivity index (χ2n) is 7.38. The van der Waals surface area contributed by atoms with Crippen molar-refractivity contribution >= 4 is 21.6 Å². The number of hydrogen-bond donors (Lipinski definition) is 2. The van der Waals surface area contributed by atoms with E-state index >= 15 is 0 Å². The highest BCUT2D eigenvalue weighted by Crippen LogP contribution is 2.26. The van der Waals surface area contributed by atoms with E-state index in [2.05, 4.69) is 5.32 Å². The molecule has 1 aliphatic heterocycles. The number of carbonyl (C=O) groups excluding carboxylic acids is 1. The number of rotatable bonds is 5. The van der Waals surface area contributed by atoms with E-state index in [1.165, 1.54) is 12.1 Å². The average molecular weight is 418 g/mol. The van der Waals surface area contributed by atoms with Crippen molar-refractivity contribution in [2.75, 3.05) is 31.2 Å². The van der Waals surface area contributed by atoms with Crippen molar-refractivity contribution in [3.05, 3.63) is 58.7 Å². The molecule has 1 saturated heterocycles. The fourth-order valence-corrected chi connectivity index (χ4v) is 4.07. The number of morpholine rings is 1. The second-order valence-corrected chi connectivity index (χ2v) is 8.94. The SMILES string of the molecule is Cc1ccc(C)c(C(C)NC(=O)c2cc(S(N)(=O)=O)ccc2N2CCOCC2)c1. The summed E-state index contributed by atoms with van der Waals surface area (Å²) in [6.45, 7) is 8.27. The molecule has 29 heavy (non-hydrogen) atoms. The van der Waals surface area contributed by atoms with Crippen LogP contribution in [0.25, 0.3) is 0 Å². The normalized spacial score (nSPS) is 15.8. The van der Waals surface area contributed by atoms with Crippen LogP contribution in [0.4, 0.5) is 5.69 Å². The summed E-state index contributed by atoms with van der Waals surface area (Å²) in [6, 6.07) is 10.3. The van der Waals surface area contributed by atoms with E-state index in [0.29, 0.717) is 32.0 Å². The van der Waals surface area contributed by atoms with Crippen LogP contribution in [-0.2, 0) is 14.8 Å². The Morgan fingerprint density at radius 1 is 1.14 bits per heavy atom. The van der Waals surface area contributed by atoms with Crippen molar-refractivity contribution in [3.8, 4) is 0 Å². The van der Waals surface area contributed by atoms with Gasteiger partial charge < -0.3 is 15.0 Å². The first-order valence-corrected chi connectivity index (χ1v) is 11.1. The molecule has 0 radical (unpaired) electrons. The Balaban J connectivity index is 1.95. The highest BCUT2D eigenvalue weighted by molar-refractivity contribution is 7.89. The second kappa shape index (κ2) is 8.52. The molecule has 156 valence electrons. The zero-order chi connectivity index (χ0) is 21.2. The number of nitrogens with one attached hydrogen (secondary N) is 1. The quantitative estimate of drug-likeness (QED) is 0.777. The minimum absolute atomic E-state index is 0.0842. The van der Waals surface area contributed by atoms with Gasteiger partial charge in [-0.2, -0.15) is 0 Å². The molecule has 1 fully saturated rings. The standard InChI is InChI=1S/C21H27N3O4S/c1-14-4-5-15(2)18(12-14)16(3)23-21(25)19-13-17(29(22,26)27)6-7-20(19)24-8-10-28-11-9-24/h4-7,12-13,16H,8-11H2,1-3H3,(H,23,25)(H2,22,26,27). The van der Waals surface area contributed by atoms with Crippen molar-refractivity contribution in [1.29, 1.82) is 0 Å². The molecule has 2 aromatic rings. The Kier molecular flexibility index (Phi) is 6.26. The Hall–Kier alpha value is -2.42. The molecule has 0 bridgehead atoms. The lowest BCUT2D eigenvalue weighted by atomic mass is 9.99. The lowest BCUT2D eigenvalue weighted by Gasteiger charge is -2.30. The molecule has 3 rings (SSSR count). The minimum atomic E-state index is -3.92. The number of carbonyl (C=O) groups is 1. The van der Waals surface area contributed by atoms with Crippen molar-refractivity contribution < 1.29 is 17.9 Å². The van der Waals surface area contributed by atoms with Crippen LogP contribution >= 0.6 is 0 Å². The topological polar surface area (TPSA) is 102 Å². The van der Waals surface area contributed by atoms with Crippen LogP contribution in [0, 0.1) is 13.8 Å². The van der Waals surface area contributed by atoms with Gasteiger partial charge in [0.2, 0.25) is 10.0 Å². The van der Waals surface area contributed by atoms with Crippen LogP contribution in [0.5, 0.6) is 0 Å². The fraction of sp³-hybridized carbons (Fsp3) is 0.381. The van der Waals surface area contributed by atoms with Crippen LogP contribution < -0.4 is 15.4 Å². The third kappa shape index (κ3) is 4.95. The lowest BCUT2D eigenvalue weighted by molar-refractivity contribution is 0.0938. The van der Waals surface area contributed by atoms with Gasteiger partial charge in [0.1, 0.15) is 0 Å². The van der Waals surface area contributed by atoms with E-state index in [0.717, 1.165) is 16.7 Å². The van der Waals surface area contributed by atoms with Gasteiger partial charge in [-0.25, -0.2) is 13.6 Å².